The lowest BCUT2D eigenvalue weighted by Gasteiger charge is -2.24. The summed E-state index contributed by atoms with van der Waals surface area (Å²) in [6.07, 6.45) is -0.309. The first kappa shape index (κ1) is 14.2. The van der Waals surface area contributed by atoms with E-state index < -0.39 is 17.4 Å². The molecule has 1 atom stereocenters. The van der Waals surface area contributed by atoms with Crippen molar-refractivity contribution < 1.29 is 19.4 Å². The molecule has 0 spiro atoms. The molecule has 0 amide bonds. The molecule has 0 radical (unpaired) electrons. The highest BCUT2D eigenvalue weighted by molar-refractivity contribution is 6.35. The minimum atomic E-state index is -1.51. The lowest BCUT2D eigenvalue weighted by atomic mass is 9.91. The van der Waals surface area contributed by atoms with Gasteiger partial charge in [0.15, 0.2) is 0 Å². The number of rotatable bonds is 4. The molecule has 3 nitrogen and oxygen atoms in total. The van der Waals surface area contributed by atoms with E-state index in [1.165, 1.54) is 13.0 Å². The van der Waals surface area contributed by atoms with Gasteiger partial charge in [-0.25, -0.2) is 4.39 Å². The molecular formula is C11H11Cl2FO3. The van der Waals surface area contributed by atoms with Gasteiger partial charge in [0.1, 0.15) is 5.82 Å². The van der Waals surface area contributed by atoms with E-state index in [1.807, 2.05) is 0 Å². The molecule has 0 fully saturated rings. The molecule has 6 heteroatoms. The Morgan fingerprint density at radius 2 is 2.00 bits per heavy atom. The van der Waals surface area contributed by atoms with Crippen LogP contribution in [0.5, 0.6) is 0 Å². The number of carboxylic acid groups (broad SMARTS) is 1. The Bertz CT molecular complexity index is 447. The maximum Gasteiger partial charge on any atom is 0.303 e. The lowest BCUT2D eigenvalue weighted by molar-refractivity contribution is -0.138. The molecule has 1 aromatic carbocycles. The Hall–Kier alpha value is -0.840. The zero-order valence-corrected chi connectivity index (χ0v) is 10.5. The van der Waals surface area contributed by atoms with E-state index in [-0.39, 0.29) is 28.5 Å². The highest BCUT2D eigenvalue weighted by atomic mass is 35.5. The highest BCUT2D eigenvalue weighted by Gasteiger charge is 2.27. The molecule has 1 rings (SSSR count). The Morgan fingerprint density at radius 3 is 2.53 bits per heavy atom. The second kappa shape index (κ2) is 5.21. The third kappa shape index (κ3) is 3.56. The van der Waals surface area contributed by atoms with Gasteiger partial charge in [0.2, 0.25) is 0 Å². The van der Waals surface area contributed by atoms with Gasteiger partial charge in [-0.3, -0.25) is 4.79 Å². The number of carbonyl (C=O) groups is 1. The third-order valence-corrected chi connectivity index (χ3v) is 3.02. The van der Waals surface area contributed by atoms with E-state index in [2.05, 4.69) is 0 Å². The average Bonchev–Trinajstić information content (AvgIpc) is 2.20. The fourth-order valence-corrected chi connectivity index (χ4v) is 2.01. The second-order valence-corrected chi connectivity index (χ2v) is 4.73. The minimum absolute atomic E-state index is 0.0663. The van der Waals surface area contributed by atoms with Gasteiger partial charge in [-0.15, -0.1) is 0 Å². The van der Waals surface area contributed by atoms with Gasteiger partial charge < -0.3 is 10.2 Å². The zero-order chi connectivity index (χ0) is 13.2. The number of aliphatic carboxylic acids is 1. The smallest absolute Gasteiger partial charge is 0.303 e. The van der Waals surface area contributed by atoms with E-state index in [0.29, 0.717) is 0 Å². The Balaban J connectivity index is 3.05. The number of hydrogen-bond acceptors (Lipinski definition) is 2. The molecule has 0 heterocycles. The molecule has 0 aliphatic carbocycles. The van der Waals surface area contributed by atoms with Crippen LogP contribution in [0.25, 0.3) is 0 Å². The molecule has 1 unspecified atom stereocenters. The summed E-state index contributed by atoms with van der Waals surface area (Å²) in [6.45, 7) is 1.38. The molecule has 94 valence electrons. The van der Waals surface area contributed by atoms with Gasteiger partial charge in [0.25, 0.3) is 0 Å². The van der Waals surface area contributed by atoms with Gasteiger partial charge in [-0.1, -0.05) is 23.2 Å². The van der Waals surface area contributed by atoms with Crippen molar-refractivity contribution in [2.24, 2.45) is 0 Å². The molecule has 0 bridgehead atoms. The molecule has 17 heavy (non-hydrogen) atoms. The summed E-state index contributed by atoms with van der Waals surface area (Å²) >= 11 is 11.4. The van der Waals surface area contributed by atoms with E-state index in [0.717, 1.165) is 6.07 Å². The monoisotopic (exact) mass is 280 g/mol. The van der Waals surface area contributed by atoms with Crippen LogP contribution in [0.2, 0.25) is 10.0 Å². The van der Waals surface area contributed by atoms with Crippen LogP contribution >= 0.6 is 23.2 Å². The molecule has 1 aromatic rings. The zero-order valence-electron chi connectivity index (χ0n) is 9.01. The van der Waals surface area contributed by atoms with Crippen LogP contribution in [0.4, 0.5) is 4.39 Å². The molecule has 0 aromatic heterocycles. The van der Waals surface area contributed by atoms with Crippen molar-refractivity contribution >= 4 is 29.2 Å². The SMILES string of the molecule is CC(O)(CCC(=O)O)c1cc(F)c(Cl)cc1Cl. The Kier molecular flexibility index (Phi) is 4.36. The lowest BCUT2D eigenvalue weighted by Crippen LogP contribution is -2.23. The maximum atomic E-state index is 13.3. The topological polar surface area (TPSA) is 57.5 Å². The normalized spacial score (nSPS) is 14.4. The predicted octanol–water partition coefficient (Wildman–Crippen LogP) is 3.20. The number of carboxylic acids is 1. The van der Waals surface area contributed by atoms with E-state index >= 15 is 0 Å². The number of aliphatic hydroxyl groups is 1. The van der Waals surface area contributed by atoms with Crippen LogP contribution in [0.1, 0.15) is 25.3 Å². The highest BCUT2D eigenvalue weighted by Crippen LogP contribution is 2.34. The van der Waals surface area contributed by atoms with Crippen LogP contribution in [-0.4, -0.2) is 16.2 Å². The summed E-state index contributed by atoms with van der Waals surface area (Å²) in [6, 6.07) is 2.20. The fourth-order valence-electron chi connectivity index (χ4n) is 1.42. The van der Waals surface area contributed by atoms with Crippen molar-refractivity contribution in [2.75, 3.05) is 0 Å². The Labute approximate surface area is 108 Å². The average molecular weight is 281 g/mol. The predicted molar refractivity (Wildman–Crippen MR) is 62.9 cm³/mol. The fraction of sp³-hybridized carbons (Fsp3) is 0.364. The van der Waals surface area contributed by atoms with E-state index in [9.17, 15) is 14.3 Å². The van der Waals surface area contributed by atoms with Crippen molar-refractivity contribution in [1.29, 1.82) is 0 Å². The van der Waals surface area contributed by atoms with Crippen LogP contribution < -0.4 is 0 Å². The number of benzene rings is 1. The van der Waals surface area contributed by atoms with Gasteiger partial charge in [-0.05, 0) is 25.5 Å². The van der Waals surface area contributed by atoms with Crippen molar-refractivity contribution in [1.82, 2.24) is 0 Å². The third-order valence-electron chi connectivity index (χ3n) is 2.42. The quantitative estimate of drug-likeness (QED) is 0.833. The molecule has 0 aliphatic rings. The largest absolute Gasteiger partial charge is 0.481 e. The first-order valence-electron chi connectivity index (χ1n) is 4.83. The van der Waals surface area contributed by atoms with Crippen molar-refractivity contribution in [3.05, 3.63) is 33.6 Å². The van der Waals surface area contributed by atoms with Crippen LogP contribution in [0.3, 0.4) is 0 Å². The summed E-state index contributed by atoms with van der Waals surface area (Å²) in [5.74, 6) is -1.75. The number of halogens is 3. The summed E-state index contributed by atoms with van der Waals surface area (Å²) in [5.41, 5.74) is -1.39. The van der Waals surface area contributed by atoms with Gasteiger partial charge >= 0.3 is 5.97 Å². The summed E-state index contributed by atoms with van der Waals surface area (Å²) < 4.78 is 13.3. The Morgan fingerprint density at radius 1 is 1.41 bits per heavy atom. The van der Waals surface area contributed by atoms with Gasteiger partial charge in [0, 0.05) is 17.0 Å². The maximum absolute atomic E-state index is 13.3. The second-order valence-electron chi connectivity index (χ2n) is 3.91. The minimum Gasteiger partial charge on any atom is -0.481 e. The summed E-state index contributed by atoms with van der Waals surface area (Å²) in [4.78, 5) is 10.4. The molecule has 0 saturated heterocycles. The van der Waals surface area contributed by atoms with Crippen molar-refractivity contribution in [3.63, 3.8) is 0 Å². The first-order chi connectivity index (χ1) is 7.74. The van der Waals surface area contributed by atoms with Crippen LogP contribution in [-0.2, 0) is 10.4 Å². The first-order valence-corrected chi connectivity index (χ1v) is 5.59. The summed E-state index contributed by atoms with van der Waals surface area (Å²) in [5, 5.41) is 18.6. The standard InChI is InChI=1S/C11H11Cl2FO3/c1-11(17,3-2-10(15)16)6-4-9(14)8(13)5-7(6)12/h4-5,17H,2-3H2,1H3,(H,15,16). The van der Waals surface area contributed by atoms with Crippen molar-refractivity contribution in [2.45, 2.75) is 25.4 Å². The molecule has 0 aliphatic heterocycles. The van der Waals surface area contributed by atoms with Crippen LogP contribution in [0, 0.1) is 5.82 Å². The van der Waals surface area contributed by atoms with E-state index in [4.69, 9.17) is 28.3 Å². The molecular weight excluding hydrogens is 270 g/mol. The number of hydrogen-bond donors (Lipinski definition) is 2. The van der Waals surface area contributed by atoms with Crippen LogP contribution in [0.15, 0.2) is 12.1 Å². The van der Waals surface area contributed by atoms with Gasteiger partial charge in [0.05, 0.1) is 10.6 Å². The van der Waals surface area contributed by atoms with Crippen molar-refractivity contribution in [3.8, 4) is 0 Å². The summed E-state index contributed by atoms with van der Waals surface area (Å²) in [7, 11) is 0. The van der Waals surface area contributed by atoms with E-state index in [1.54, 1.807) is 0 Å². The molecule has 2 N–H and O–H groups in total. The molecule has 0 saturated carbocycles. The van der Waals surface area contributed by atoms with Gasteiger partial charge in [-0.2, -0.15) is 0 Å².